The van der Waals surface area contributed by atoms with Gasteiger partial charge in [0, 0.05) is 17.2 Å². The summed E-state index contributed by atoms with van der Waals surface area (Å²) in [6.45, 7) is 0.621. The van der Waals surface area contributed by atoms with Crippen LogP contribution in [-0.2, 0) is 23.6 Å². The summed E-state index contributed by atoms with van der Waals surface area (Å²) in [7, 11) is 0. The molecular weight excluding hydrogens is 570 g/mol. The molecule has 0 bridgehead atoms. The molecule has 0 saturated heterocycles. The van der Waals surface area contributed by atoms with Crippen molar-refractivity contribution in [1.82, 2.24) is 0 Å². The smallest absolute Gasteiger partial charge is 0.269 e. The fourth-order valence-corrected chi connectivity index (χ4v) is 6.15. The first-order valence-electron chi connectivity index (χ1n) is 15.4. The molecule has 6 aromatic carbocycles. The monoisotopic (exact) mass is 603 g/mol. The van der Waals surface area contributed by atoms with Gasteiger partial charge in [0.15, 0.2) is 5.60 Å². The van der Waals surface area contributed by atoms with Crippen LogP contribution in [0.4, 0.5) is 5.69 Å². The highest BCUT2D eigenvalue weighted by atomic mass is 16.5. The molecule has 226 valence electrons. The SMILES string of the molecule is O=C1N(C(c2ccccc2)c2ccccc2)c2ccccc2C1(O)c1ccc(OCc2ccccc2)cc1OCc1ccccc1. The second-order valence-corrected chi connectivity index (χ2v) is 11.3. The third-order valence-electron chi connectivity index (χ3n) is 8.40. The zero-order valence-corrected chi connectivity index (χ0v) is 25.2. The van der Waals surface area contributed by atoms with Gasteiger partial charge in [-0.1, -0.05) is 140 Å². The van der Waals surface area contributed by atoms with Crippen molar-refractivity contribution in [3.05, 3.63) is 197 Å². The minimum atomic E-state index is -2.01. The Labute approximate surface area is 268 Å². The third-order valence-corrected chi connectivity index (χ3v) is 8.40. The number of carbonyl (C=O) groups is 1. The molecule has 0 aliphatic carbocycles. The lowest BCUT2D eigenvalue weighted by Crippen LogP contribution is -2.43. The van der Waals surface area contributed by atoms with E-state index in [1.54, 1.807) is 23.1 Å². The summed E-state index contributed by atoms with van der Waals surface area (Å²) in [5, 5.41) is 12.8. The van der Waals surface area contributed by atoms with Crippen molar-refractivity contribution in [2.75, 3.05) is 4.90 Å². The summed E-state index contributed by atoms with van der Waals surface area (Å²) in [5.74, 6) is 0.494. The Kier molecular flexibility index (Phi) is 8.07. The number of ether oxygens (including phenoxy) is 2. The number of carbonyl (C=O) groups excluding carboxylic acids is 1. The van der Waals surface area contributed by atoms with E-state index >= 15 is 0 Å². The second-order valence-electron chi connectivity index (χ2n) is 11.3. The fourth-order valence-electron chi connectivity index (χ4n) is 6.15. The molecule has 1 atom stereocenters. The third kappa shape index (κ3) is 5.53. The number of rotatable bonds is 10. The molecule has 0 saturated carbocycles. The van der Waals surface area contributed by atoms with Crippen LogP contribution in [0.15, 0.2) is 164 Å². The topological polar surface area (TPSA) is 59.0 Å². The van der Waals surface area contributed by atoms with Crippen LogP contribution in [0.5, 0.6) is 11.5 Å². The second kappa shape index (κ2) is 12.8. The molecule has 1 unspecified atom stereocenters. The number of amides is 1. The highest BCUT2D eigenvalue weighted by Gasteiger charge is 2.54. The Morgan fingerprint density at radius 3 is 1.65 bits per heavy atom. The fraction of sp³-hybridized carbons (Fsp3) is 0.0976. The van der Waals surface area contributed by atoms with E-state index in [0.29, 0.717) is 34.9 Å². The van der Waals surface area contributed by atoms with Crippen LogP contribution >= 0.6 is 0 Å². The molecular formula is C41H33NO4. The molecule has 1 aliphatic heterocycles. The average Bonchev–Trinajstić information content (AvgIpc) is 3.34. The Morgan fingerprint density at radius 2 is 1.07 bits per heavy atom. The first-order valence-corrected chi connectivity index (χ1v) is 15.4. The van der Waals surface area contributed by atoms with Gasteiger partial charge in [0.1, 0.15) is 24.7 Å². The van der Waals surface area contributed by atoms with Gasteiger partial charge in [-0.25, -0.2) is 0 Å². The van der Waals surface area contributed by atoms with E-state index in [1.807, 2.05) is 146 Å². The predicted molar refractivity (Wildman–Crippen MR) is 180 cm³/mol. The van der Waals surface area contributed by atoms with E-state index in [-0.39, 0.29) is 6.61 Å². The van der Waals surface area contributed by atoms with Gasteiger partial charge in [0.25, 0.3) is 5.91 Å². The van der Waals surface area contributed by atoms with Crippen LogP contribution in [0.25, 0.3) is 0 Å². The van der Waals surface area contributed by atoms with Gasteiger partial charge in [-0.05, 0) is 40.5 Å². The van der Waals surface area contributed by atoms with Crippen LogP contribution < -0.4 is 14.4 Å². The van der Waals surface area contributed by atoms with Crippen LogP contribution in [0.1, 0.15) is 39.4 Å². The maximum Gasteiger partial charge on any atom is 0.269 e. The summed E-state index contributed by atoms with van der Waals surface area (Å²) in [6.07, 6.45) is 0. The minimum Gasteiger partial charge on any atom is -0.489 e. The summed E-state index contributed by atoms with van der Waals surface area (Å²) < 4.78 is 12.6. The molecule has 46 heavy (non-hydrogen) atoms. The zero-order valence-electron chi connectivity index (χ0n) is 25.2. The molecule has 0 radical (unpaired) electrons. The highest BCUT2D eigenvalue weighted by Crippen LogP contribution is 2.51. The molecule has 0 fully saturated rings. The van der Waals surface area contributed by atoms with Gasteiger partial charge in [-0.2, -0.15) is 0 Å². The van der Waals surface area contributed by atoms with Crippen molar-refractivity contribution >= 4 is 11.6 Å². The van der Waals surface area contributed by atoms with E-state index in [1.165, 1.54) is 0 Å². The normalized spacial score (nSPS) is 15.5. The highest BCUT2D eigenvalue weighted by molar-refractivity contribution is 6.10. The van der Waals surface area contributed by atoms with Crippen LogP contribution in [-0.4, -0.2) is 11.0 Å². The molecule has 0 spiro atoms. The first kappa shape index (κ1) is 29.1. The number of aliphatic hydroxyl groups is 1. The largest absolute Gasteiger partial charge is 0.489 e. The van der Waals surface area contributed by atoms with Crippen molar-refractivity contribution < 1.29 is 19.4 Å². The maximum absolute atomic E-state index is 14.9. The lowest BCUT2D eigenvalue weighted by molar-refractivity contribution is -0.132. The Bertz CT molecular complexity index is 1890. The van der Waals surface area contributed by atoms with Crippen molar-refractivity contribution in [1.29, 1.82) is 0 Å². The van der Waals surface area contributed by atoms with Crippen molar-refractivity contribution in [3.8, 4) is 11.5 Å². The predicted octanol–water partition coefficient (Wildman–Crippen LogP) is 8.22. The summed E-state index contributed by atoms with van der Waals surface area (Å²) in [5.41, 5.74) is 3.35. The Hall–Kier alpha value is -5.65. The molecule has 6 aromatic rings. The molecule has 1 aliphatic rings. The van der Waals surface area contributed by atoms with Crippen molar-refractivity contribution in [2.24, 2.45) is 0 Å². The lowest BCUT2D eigenvalue weighted by atomic mass is 9.86. The number of anilines is 1. The van der Waals surface area contributed by atoms with Gasteiger partial charge >= 0.3 is 0 Å². The van der Waals surface area contributed by atoms with Crippen LogP contribution in [0.3, 0.4) is 0 Å². The van der Waals surface area contributed by atoms with E-state index in [0.717, 1.165) is 22.3 Å². The number of nitrogens with zero attached hydrogens (tertiary/aromatic N) is 1. The van der Waals surface area contributed by atoms with E-state index in [9.17, 15) is 9.90 Å². The molecule has 0 aromatic heterocycles. The Balaban J connectivity index is 1.33. The van der Waals surface area contributed by atoms with Gasteiger partial charge in [-0.15, -0.1) is 0 Å². The number of benzene rings is 6. The minimum absolute atomic E-state index is 0.252. The van der Waals surface area contributed by atoms with E-state index in [2.05, 4.69) is 0 Å². The summed E-state index contributed by atoms with van der Waals surface area (Å²) in [6, 6.07) is 51.9. The first-order chi connectivity index (χ1) is 22.6. The molecule has 7 rings (SSSR count). The number of fused-ring (bicyclic) bond motifs is 1. The molecule has 5 heteroatoms. The molecule has 1 N–H and O–H groups in total. The molecule has 5 nitrogen and oxygen atoms in total. The van der Waals surface area contributed by atoms with E-state index in [4.69, 9.17) is 9.47 Å². The van der Waals surface area contributed by atoms with Gasteiger partial charge in [0.05, 0.1) is 11.7 Å². The average molecular weight is 604 g/mol. The van der Waals surface area contributed by atoms with Gasteiger partial charge in [0.2, 0.25) is 0 Å². The number of hydrogen-bond donors (Lipinski definition) is 1. The van der Waals surface area contributed by atoms with Crippen molar-refractivity contribution in [2.45, 2.75) is 24.9 Å². The summed E-state index contributed by atoms with van der Waals surface area (Å²) >= 11 is 0. The maximum atomic E-state index is 14.9. The molecule has 1 amide bonds. The lowest BCUT2D eigenvalue weighted by Gasteiger charge is -2.31. The standard InChI is InChI=1S/C41H33NO4/c43-40-41(44,35-23-13-14-24-37(35)42(40)39(32-19-9-3-10-20-32)33-21-11-4-12-22-33)36-26-25-34(45-28-30-15-5-1-6-16-30)27-38(36)46-29-31-17-7-2-8-18-31/h1-27,39,44H,28-29H2. The Morgan fingerprint density at radius 1 is 0.565 bits per heavy atom. The van der Waals surface area contributed by atoms with Gasteiger partial charge < -0.3 is 14.6 Å². The van der Waals surface area contributed by atoms with E-state index < -0.39 is 17.6 Å². The molecule has 1 heterocycles. The van der Waals surface area contributed by atoms with Gasteiger partial charge in [-0.3, -0.25) is 9.69 Å². The number of hydrogen-bond acceptors (Lipinski definition) is 4. The zero-order chi connectivity index (χ0) is 31.3. The number of para-hydroxylation sites is 1. The van der Waals surface area contributed by atoms with Crippen molar-refractivity contribution in [3.63, 3.8) is 0 Å². The van der Waals surface area contributed by atoms with Crippen LogP contribution in [0, 0.1) is 0 Å². The quantitative estimate of drug-likeness (QED) is 0.171. The van der Waals surface area contributed by atoms with Crippen LogP contribution in [0.2, 0.25) is 0 Å². The summed E-state index contributed by atoms with van der Waals surface area (Å²) in [4.78, 5) is 16.6.